The molecule has 1 N–H and O–H groups in total. The molecule has 9 nitrogen and oxygen atoms in total. The van der Waals surface area contributed by atoms with Gasteiger partial charge in [-0.1, -0.05) is 6.42 Å². The number of nitrogens with one attached hydrogen (secondary N) is 1. The molecule has 2 heterocycles. The van der Waals surface area contributed by atoms with Crippen LogP contribution in [0.25, 0.3) is 0 Å². The highest BCUT2D eigenvalue weighted by molar-refractivity contribution is 7.89. The fourth-order valence-electron chi connectivity index (χ4n) is 4.27. The lowest BCUT2D eigenvalue weighted by Gasteiger charge is -2.29. The molecule has 33 heavy (non-hydrogen) atoms. The van der Waals surface area contributed by atoms with E-state index in [-0.39, 0.29) is 34.5 Å². The minimum atomic E-state index is -3.51. The molecule has 0 spiro atoms. The Kier molecular flexibility index (Phi) is 7.20. The summed E-state index contributed by atoms with van der Waals surface area (Å²) in [5.74, 6) is 0.0223. The van der Waals surface area contributed by atoms with Crippen LogP contribution in [0.3, 0.4) is 0 Å². The van der Waals surface area contributed by atoms with E-state index in [1.54, 1.807) is 12.1 Å². The number of nitrogens with zero attached hydrogens (tertiary/aromatic N) is 4. The first-order chi connectivity index (χ1) is 16.0. The van der Waals surface area contributed by atoms with Gasteiger partial charge in [0, 0.05) is 37.1 Å². The minimum absolute atomic E-state index is 0.00593. The quantitative estimate of drug-likeness (QED) is 0.689. The van der Waals surface area contributed by atoms with Gasteiger partial charge in [-0.2, -0.15) is 9.57 Å². The molecule has 1 aliphatic heterocycles. The Hall–Kier alpha value is -3.03. The maximum absolute atomic E-state index is 12.8. The molecule has 174 valence electrons. The lowest BCUT2D eigenvalue weighted by atomic mass is 9.92. The Bertz CT molecular complexity index is 1120. The van der Waals surface area contributed by atoms with E-state index < -0.39 is 10.0 Å². The second-order valence-electron chi connectivity index (χ2n) is 8.38. The van der Waals surface area contributed by atoms with Gasteiger partial charge in [0.25, 0.3) is 11.8 Å². The van der Waals surface area contributed by atoms with Crippen molar-refractivity contribution in [1.82, 2.24) is 19.6 Å². The van der Waals surface area contributed by atoms with Gasteiger partial charge < -0.3 is 10.1 Å². The average molecular weight is 470 g/mol. The molecule has 0 unspecified atom stereocenters. The normalized spacial score (nSPS) is 21.7. The number of nitriles is 1. The minimum Gasteiger partial charge on any atom is -0.472 e. The summed E-state index contributed by atoms with van der Waals surface area (Å²) < 4.78 is 32.9. The van der Waals surface area contributed by atoms with Crippen molar-refractivity contribution < 1.29 is 17.9 Å². The predicted octanol–water partition coefficient (Wildman–Crippen LogP) is 2.64. The third kappa shape index (κ3) is 5.49. The Balaban J connectivity index is 1.30. The number of piperidine rings is 1. The van der Waals surface area contributed by atoms with Crippen LogP contribution in [0.15, 0.2) is 41.6 Å². The zero-order valence-corrected chi connectivity index (χ0v) is 19.1. The van der Waals surface area contributed by atoms with E-state index in [1.165, 1.54) is 28.8 Å². The molecule has 10 heteroatoms. The Morgan fingerprint density at radius 3 is 2.36 bits per heavy atom. The summed E-state index contributed by atoms with van der Waals surface area (Å²) in [5, 5.41) is 12.1. The van der Waals surface area contributed by atoms with Gasteiger partial charge in [-0.15, -0.1) is 0 Å². The van der Waals surface area contributed by atoms with E-state index in [0.717, 1.165) is 44.9 Å². The fourth-order valence-corrected chi connectivity index (χ4v) is 5.79. The van der Waals surface area contributed by atoms with Gasteiger partial charge in [0.2, 0.25) is 15.7 Å². The number of carbonyl (C=O) groups excluding carboxylic acids is 1. The SMILES string of the molecule is N#Cc1nccnc1OC1CCC(NC(=O)c2ccc(S(=O)(=O)N3CCCCC3)cc2)CC1. The molecular weight excluding hydrogens is 442 g/mol. The van der Waals surface area contributed by atoms with Crippen LogP contribution in [0.4, 0.5) is 0 Å². The molecule has 1 saturated heterocycles. The Labute approximate surface area is 193 Å². The summed E-state index contributed by atoms with van der Waals surface area (Å²) in [7, 11) is -3.51. The number of ether oxygens (including phenoxy) is 1. The van der Waals surface area contributed by atoms with Crippen molar-refractivity contribution in [2.24, 2.45) is 0 Å². The number of hydrogen-bond donors (Lipinski definition) is 1. The summed E-state index contributed by atoms with van der Waals surface area (Å²) >= 11 is 0. The topological polar surface area (TPSA) is 125 Å². The van der Waals surface area contributed by atoms with Crippen LogP contribution < -0.4 is 10.1 Å². The summed E-state index contributed by atoms with van der Waals surface area (Å²) in [6.07, 6.45) is 8.59. The van der Waals surface area contributed by atoms with E-state index in [0.29, 0.717) is 18.7 Å². The van der Waals surface area contributed by atoms with Crippen molar-refractivity contribution in [3.63, 3.8) is 0 Å². The molecule has 0 atom stereocenters. The molecule has 1 aliphatic carbocycles. The van der Waals surface area contributed by atoms with Crippen molar-refractivity contribution in [2.45, 2.75) is 62.0 Å². The van der Waals surface area contributed by atoms with E-state index in [1.807, 2.05) is 6.07 Å². The molecule has 2 fully saturated rings. The number of hydrogen-bond acceptors (Lipinski definition) is 7. The van der Waals surface area contributed by atoms with Crippen LogP contribution in [0.5, 0.6) is 5.88 Å². The zero-order valence-electron chi connectivity index (χ0n) is 18.3. The van der Waals surface area contributed by atoms with E-state index in [4.69, 9.17) is 10.00 Å². The third-order valence-electron chi connectivity index (χ3n) is 6.13. The monoisotopic (exact) mass is 469 g/mol. The zero-order chi connectivity index (χ0) is 23.3. The summed E-state index contributed by atoms with van der Waals surface area (Å²) in [6, 6.07) is 8.14. The van der Waals surface area contributed by atoms with Crippen LogP contribution in [0.1, 0.15) is 61.0 Å². The number of amides is 1. The summed E-state index contributed by atoms with van der Waals surface area (Å²) in [5.41, 5.74) is 0.600. The molecule has 1 saturated carbocycles. The first-order valence-electron chi connectivity index (χ1n) is 11.3. The van der Waals surface area contributed by atoms with Gasteiger partial charge in [-0.05, 0) is 62.8 Å². The van der Waals surface area contributed by atoms with Crippen molar-refractivity contribution in [3.05, 3.63) is 47.9 Å². The van der Waals surface area contributed by atoms with Crippen molar-refractivity contribution in [2.75, 3.05) is 13.1 Å². The second-order valence-corrected chi connectivity index (χ2v) is 10.3. The van der Waals surface area contributed by atoms with Crippen LogP contribution >= 0.6 is 0 Å². The molecule has 1 amide bonds. The highest BCUT2D eigenvalue weighted by Gasteiger charge is 2.27. The number of carbonyl (C=O) groups is 1. The van der Waals surface area contributed by atoms with E-state index in [9.17, 15) is 13.2 Å². The first kappa shape index (κ1) is 23.1. The van der Waals surface area contributed by atoms with E-state index in [2.05, 4.69) is 15.3 Å². The molecule has 0 bridgehead atoms. The Morgan fingerprint density at radius 1 is 1.03 bits per heavy atom. The molecule has 2 aromatic rings. The number of benzene rings is 1. The molecular formula is C23H27N5O4S. The van der Waals surface area contributed by atoms with Gasteiger partial charge in [0.15, 0.2) is 0 Å². The van der Waals surface area contributed by atoms with Gasteiger partial charge in [0.1, 0.15) is 12.2 Å². The highest BCUT2D eigenvalue weighted by Crippen LogP contribution is 2.25. The molecule has 1 aromatic heterocycles. The standard InChI is InChI=1S/C23H27N5O4S/c24-16-21-23(26-13-12-25-21)32-19-8-6-18(7-9-19)27-22(29)17-4-10-20(11-5-17)33(30,31)28-14-2-1-3-15-28/h4-5,10-13,18-19H,1-3,6-9,14-15H2,(H,27,29). The fraction of sp³-hybridized carbons (Fsp3) is 0.478. The van der Waals surface area contributed by atoms with Gasteiger partial charge in [-0.25, -0.2) is 18.4 Å². The second kappa shape index (κ2) is 10.3. The van der Waals surface area contributed by atoms with Gasteiger partial charge in [0.05, 0.1) is 4.90 Å². The third-order valence-corrected chi connectivity index (χ3v) is 8.04. The van der Waals surface area contributed by atoms with Crippen LogP contribution in [0.2, 0.25) is 0 Å². The van der Waals surface area contributed by atoms with Crippen molar-refractivity contribution in [3.8, 4) is 11.9 Å². The smallest absolute Gasteiger partial charge is 0.251 e. The van der Waals surface area contributed by atoms with Gasteiger partial charge in [-0.3, -0.25) is 4.79 Å². The molecule has 0 radical (unpaired) electrons. The maximum atomic E-state index is 12.8. The maximum Gasteiger partial charge on any atom is 0.251 e. The lowest BCUT2D eigenvalue weighted by molar-refractivity contribution is 0.0889. The molecule has 2 aliphatic rings. The average Bonchev–Trinajstić information content (AvgIpc) is 2.86. The molecule has 1 aromatic carbocycles. The number of sulfonamides is 1. The van der Waals surface area contributed by atoms with Crippen LogP contribution in [-0.4, -0.2) is 53.8 Å². The van der Waals surface area contributed by atoms with Crippen molar-refractivity contribution >= 4 is 15.9 Å². The summed E-state index contributed by atoms with van der Waals surface area (Å²) in [6.45, 7) is 1.09. The van der Waals surface area contributed by atoms with Crippen LogP contribution in [0, 0.1) is 11.3 Å². The predicted molar refractivity (Wildman–Crippen MR) is 120 cm³/mol. The first-order valence-corrected chi connectivity index (χ1v) is 12.7. The largest absolute Gasteiger partial charge is 0.472 e. The summed E-state index contributed by atoms with van der Waals surface area (Å²) in [4.78, 5) is 20.9. The van der Waals surface area contributed by atoms with Gasteiger partial charge >= 0.3 is 0 Å². The number of aromatic nitrogens is 2. The van der Waals surface area contributed by atoms with Crippen molar-refractivity contribution in [1.29, 1.82) is 5.26 Å². The Morgan fingerprint density at radius 2 is 1.70 bits per heavy atom. The van der Waals surface area contributed by atoms with E-state index >= 15 is 0 Å². The number of rotatable bonds is 6. The lowest BCUT2D eigenvalue weighted by Crippen LogP contribution is -2.39. The molecule has 4 rings (SSSR count). The van der Waals surface area contributed by atoms with Crippen LogP contribution in [-0.2, 0) is 10.0 Å². The highest BCUT2D eigenvalue weighted by atomic mass is 32.2.